The van der Waals surface area contributed by atoms with Gasteiger partial charge in [0.1, 0.15) is 0 Å². The number of aromatic nitrogens is 1. The van der Waals surface area contributed by atoms with E-state index in [0.717, 1.165) is 5.56 Å². The van der Waals surface area contributed by atoms with Gasteiger partial charge in [0, 0.05) is 42.0 Å². The van der Waals surface area contributed by atoms with Gasteiger partial charge < -0.3 is 10.6 Å². The first-order chi connectivity index (χ1) is 13.5. The number of hydrogen-bond acceptors (Lipinski definition) is 4. The molecular formula is C22H25N3O3. The van der Waals surface area contributed by atoms with Crippen molar-refractivity contribution < 1.29 is 14.4 Å². The van der Waals surface area contributed by atoms with Crippen molar-refractivity contribution in [2.24, 2.45) is 11.8 Å². The molecule has 146 valence electrons. The van der Waals surface area contributed by atoms with Crippen molar-refractivity contribution in [3.8, 4) is 0 Å². The van der Waals surface area contributed by atoms with Crippen molar-refractivity contribution in [2.45, 2.75) is 39.2 Å². The van der Waals surface area contributed by atoms with Crippen LogP contribution < -0.4 is 10.6 Å². The second kappa shape index (κ2) is 9.26. The summed E-state index contributed by atoms with van der Waals surface area (Å²) in [5.74, 6) is -0.187. The number of hydrogen-bond donors (Lipinski definition) is 2. The van der Waals surface area contributed by atoms with Crippen molar-refractivity contribution in [1.29, 1.82) is 0 Å². The first kappa shape index (κ1) is 19.7. The van der Waals surface area contributed by atoms with Crippen LogP contribution in [-0.4, -0.2) is 22.6 Å². The zero-order valence-electron chi connectivity index (χ0n) is 16.0. The highest BCUT2D eigenvalue weighted by Crippen LogP contribution is 2.30. The fraction of sp³-hybridized carbons (Fsp3) is 0.364. The fourth-order valence-corrected chi connectivity index (χ4v) is 3.51. The average molecular weight is 379 g/mol. The van der Waals surface area contributed by atoms with Gasteiger partial charge in [-0.15, -0.1) is 0 Å². The van der Waals surface area contributed by atoms with Crippen molar-refractivity contribution in [3.63, 3.8) is 0 Å². The van der Waals surface area contributed by atoms with E-state index in [1.54, 1.807) is 36.7 Å². The molecule has 0 bridgehead atoms. The number of anilines is 1. The Morgan fingerprint density at radius 1 is 0.964 bits per heavy atom. The van der Waals surface area contributed by atoms with E-state index in [2.05, 4.69) is 15.6 Å². The molecule has 0 spiro atoms. The molecule has 6 nitrogen and oxygen atoms in total. The van der Waals surface area contributed by atoms with Crippen LogP contribution in [0.2, 0.25) is 0 Å². The predicted octanol–water partition coefficient (Wildman–Crippen LogP) is 3.35. The number of Topliss-reactive ketones (excluding diaryl/α,β-unsaturated/α-hetero) is 1. The molecule has 1 heterocycles. The molecule has 1 aliphatic carbocycles. The van der Waals surface area contributed by atoms with Gasteiger partial charge in [0.2, 0.25) is 11.8 Å². The Morgan fingerprint density at radius 2 is 1.61 bits per heavy atom. The van der Waals surface area contributed by atoms with Crippen LogP contribution in [0.15, 0.2) is 48.8 Å². The molecule has 28 heavy (non-hydrogen) atoms. The summed E-state index contributed by atoms with van der Waals surface area (Å²) in [7, 11) is 0. The third-order valence-corrected chi connectivity index (χ3v) is 5.22. The van der Waals surface area contributed by atoms with Crippen LogP contribution in [0.5, 0.6) is 0 Å². The number of carbonyl (C=O) groups excluding carboxylic acids is 3. The van der Waals surface area contributed by atoms with Crippen molar-refractivity contribution in [2.75, 3.05) is 5.32 Å². The first-order valence-corrected chi connectivity index (χ1v) is 9.61. The molecule has 2 amide bonds. The number of rotatable bonds is 6. The number of ketones is 1. The second-order valence-electron chi connectivity index (χ2n) is 7.25. The monoisotopic (exact) mass is 379 g/mol. The maximum atomic E-state index is 12.5. The third kappa shape index (κ3) is 5.25. The summed E-state index contributed by atoms with van der Waals surface area (Å²) in [4.78, 5) is 40.4. The number of pyridine rings is 1. The number of carbonyl (C=O) groups is 3. The molecule has 1 aromatic carbocycles. The lowest BCUT2D eigenvalue weighted by atomic mass is 9.81. The lowest BCUT2D eigenvalue weighted by Crippen LogP contribution is -2.35. The molecule has 2 aromatic rings. The smallest absolute Gasteiger partial charge is 0.227 e. The van der Waals surface area contributed by atoms with Crippen LogP contribution in [0.1, 0.15) is 48.5 Å². The molecule has 2 N–H and O–H groups in total. The first-order valence-electron chi connectivity index (χ1n) is 9.61. The maximum absolute atomic E-state index is 12.5. The molecule has 0 unspecified atom stereocenters. The van der Waals surface area contributed by atoms with E-state index in [4.69, 9.17) is 0 Å². The highest BCUT2D eigenvalue weighted by molar-refractivity contribution is 5.97. The molecule has 3 rings (SSSR count). The molecule has 6 heteroatoms. The Morgan fingerprint density at radius 3 is 2.25 bits per heavy atom. The summed E-state index contributed by atoms with van der Waals surface area (Å²) in [6.07, 6.45) is 6.19. The molecule has 0 radical (unpaired) electrons. The topological polar surface area (TPSA) is 88.2 Å². The van der Waals surface area contributed by atoms with Gasteiger partial charge in [-0.25, -0.2) is 0 Å². The number of nitrogens with one attached hydrogen (secondary N) is 2. The average Bonchev–Trinajstić information content (AvgIpc) is 2.73. The summed E-state index contributed by atoms with van der Waals surface area (Å²) < 4.78 is 0. The SMILES string of the molecule is CC(=O)c1cccc(NC(=O)C2CCC(C(=O)NCc3ccncc3)CC2)c1. The van der Waals surface area contributed by atoms with Gasteiger partial charge in [-0.1, -0.05) is 12.1 Å². The molecule has 1 aromatic heterocycles. The predicted molar refractivity (Wildman–Crippen MR) is 107 cm³/mol. The molecular weight excluding hydrogens is 354 g/mol. The maximum Gasteiger partial charge on any atom is 0.227 e. The van der Waals surface area contributed by atoms with Crippen LogP contribution in [0.25, 0.3) is 0 Å². The van der Waals surface area contributed by atoms with Crippen LogP contribution in [0, 0.1) is 11.8 Å². The molecule has 1 saturated carbocycles. The van der Waals surface area contributed by atoms with Gasteiger partial charge in [0.25, 0.3) is 0 Å². The second-order valence-corrected chi connectivity index (χ2v) is 7.25. The Hall–Kier alpha value is -3.02. The van der Waals surface area contributed by atoms with E-state index in [1.165, 1.54) is 6.92 Å². The highest BCUT2D eigenvalue weighted by Gasteiger charge is 2.29. The van der Waals surface area contributed by atoms with Gasteiger partial charge in [-0.05, 0) is 62.4 Å². The zero-order chi connectivity index (χ0) is 19.9. The summed E-state index contributed by atoms with van der Waals surface area (Å²) in [5, 5.41) is 5.87. The van der Waals surface area contributed by atoms with Crippen LogP contribution >= 0.6 is 0 Å². The molecule has 0 atom stereocenters. The quantitative estimate of drug-likeness (QED) is 0.754. The Balaban J connectivity index is 1.46. The van der Waals surface area contributed by atoms with Crippen LogP contribution in [0.3, 0.4) is 0 Å². The van der Waals surface area contributed by atoms with Crippen molar-refractivity contribution in [3.05, 3.63) is 59.9 Å². The standard InChI is InChI=1S/C22H25N3O3/c1-15(26)19-3-2-4-20(13-19)25-22(28)18-7-5-17(6-8-18)21(27)24-14-16-9-11-23-12-10-16/h2-4,9-13,17-18H,5-8,14H2,1H3,(H,24,27)(H,25,28). The lowest BCUT2D eigenvalue weighted by Gasteiger charge is -2.27. The Labute approximate surface area is 164 Å². The number of benzene rings is 1. The minimum Gasteiger partial charge on any atom is -0.352 e. The van der Waals surface area contributed by atoms with E-state index in [0.29, 0.717) is 43.5 Å². The van der Waals surface area contributed by atoms with Gasteiger partial charge >= 0.3 is 0 Å². The Kier molecular flexibility index (Phi) is 6.53. The normalized spacial score (nSPS) is 18.9. The van der Waals surface area contributed by atoms with E-state index in [-0.39, 0.29) is 29.4 Å². The molecule has 1 aliphatic rings. The van der Waals surface area contributed by atoms with E-state index in [1.807, 2.05) is 12.1 Å². The van der Waals surface area contributed by atoms with E-state index >= 15 is 0 Å². The molecule has 0 aliphatic heterocycles. The van der Waals surface area contributed by atoms with Crippen molar-refractivity contribution in [1.82, 2.24) is 10.3 Å². The highest BCUT2D eigenvalue weighted by atomic mass is 16.2. The Bertz CT molecular complexity index is 843. The van der Waals surface area contributed by atoms with E-state index < -0.39 is 0 Å². The van der Waals surface area contributed by atoms with Crippen molar-refractivity contribution >= 4 is 23.3 Å². The number of amides is 2. The summed E-state index contributed by atoms with van der Waals surface area (Å²) in [6, 6.07) is 10.7. The zero-order valence-corrected chi connectivity index (χ0v) is 16.0. The van der Waals surface area contributed by atoms with E-state index in [9.17, 15) is 14.4 Å². The molecule has 1 fully saturated rings. The summed E-state index contributed by atoms with van der Waals surface area (Å²) in [6.45, 7) is 2.00. The third-order valence-electron chi connectivity index (χ3n) is 5.22. The van der Waals surface area contributed by atoms with Gasteiger partial charge in [-0.3, -0.25) is 19.4 Å². The lowest BCUT2D eigenvalue weighted by molar-refractivity contribution is -0.128. The van der Waals surface area contributed by atoms with Gasteiger partial charge in [0.15, 0.2) is 5.78 Å². The van der Waals surface area contributed by atoms with Gasteiger partial charge in [-0.2, -0.15) is 0 Å². The minimum absolute atomic E-state index is 0.0330. The fourth-order valence-electron chi connectivity index (χ4n) is 3.51. The number of nitrogens with zero attached hydrogens (tertiary/aromatic N) is 1. The van der Waals surface area contributed by atoms with Crippen LogP contribution in [0.4, 0.5) is 5.69 Å². The summed E-state index contributed by atoms with van der Waals surface area (Å²) >= 11 is 0. The molecule has 0 saturated heterocycles. The summed E-state index contributed by atoms with van der Waals surface area (Å²) in [5.41, 5.74) is 2.23. The largest absolute Gasteiger partial charge is 0.352 e. The van der Waals surface area contributed by atoms with Crippen LogP contribution in [-0.2, 0) is 16.1 Å². The minimum atomic E-state index is -0.106. The van der Waals surface area contributed by atoms with Gasteiger partial charge in [0.05, 0.1) is 0 Å².